The van der Waals surface area contributed by atoms with Crippen LogP contribution >= 0.6 is 0 Å². The second-order valence-corrected chi connectivity index (χ2v) is 6.16. The lowest BCUT2D eigenvalue weighted by molar-refractivity contribution is 1.31. The first kappa shape index (κ1) is 17.5. The van der Waals surface area contributed by atoms with Crippen LogP contribution in [-0.2, 0) is 0 Å². The molecule has 0 radical (unpaired) electrons. The Balaban J connectivity index is 0.000000151. The van der Waals surface area contributed by atoms with E-state index in [9.17, 15) is 0 Å². The average Bonchev–Trinajstić information content (AvgIpc) is 3.49. The molecule has 2 N–H and O–H groups in total. The van der Waals surface area contributed by atoms with Crippen molar-refractivity contribution >= 4 is 0 Å². The van der Waals surface area contributed by atoms with Gasteiger partial charge in [0.1, 0.15) is 5.82 Å². The average molecular weight is 364 g/mol. The zero-order chi connectivity index (χ0) is 19.0. The normalized spacial score (nSPS) is 10.1. The van der Waals surface area contributed by atoms with Crippen LogP contribution in [0.1, 0.15) is 0 Å². The quantitative estimate of drug-likeness (QED) is 0.424. The number of aromatic amines is 2. The van der Waals surface area contributed by atoms with Gasteiger partial charge in [0.2, 0.25) is 0 Å². The molecule has 2 aromatic heterocycles. The molecular weight excluding hydrogens is 344 g/mol. The number of aromatic nitrogens is 4. The molecule has 0 amide bonds. The predicted molar refractivity (Wildman–Crippen MR) is 113 cm³/mol. The van der Waals surface area contributed by atoms with E-state index in [4.69, 9.17) is 0 Å². The molecule has 136 valence electrons. The number of hydrogen-bond donors (Lipinski definition) is 2. The number of benzene rings is 3. The van der Waals surface area contributed by atoms with E-state index in [0.29, 0.717) is 0 Å². The summed E-state index contributed by atoms with van der Waals surface area (Å²) in [5.41, 5.74) is 5.47. The maximum Gasteiger partial charge on any atom is 0.137 e. The van der Waals surface area contributed by atoms with Crippen molar-refractivity contribution in [2.75, 3.05) is 0 Å². The van der Waals surface area contributed by atoms with Gasteiger partial charge in [0.25, 0.3) is 0 Å². The monoisotopic (exact) mass is 364 g/mol. The van der Waals surface area contributed by atoms with Crippen LogP contribution in [0.2, 0.25) is 0 Å². The summed E-state index contributed by atoms with van der Waals surface area (Å²) in [4.78, 5) is 14.8. The SMILES string of the molecule is c1ccc(-c2nc[nH]c2-c2ccccc2)cc1.c1ccc(-c2ncc[nH]2)cc1. The molecule has 0 aliphatic rings. The van der Waals surface area contributed by atoms with Gasteiger partial charge in [-0.2, -0.15) is 0 Å². The molecule has 0 saturated heterocycles. The molecular formula is C24H20N4. The van der Waals surface area contributed by atoms with Gasteiger partial charge < -0.3 is 9.97 Å². The van der Waals surface area contributed by atoms with Crippen molar-refractivity contribution in [2.24, 2.45) is 0 Å². The van der Waals surface area contributed by atoms with Gasteiger partial charge in [0, 0.05) is 29.1 Å². The first-order chi connectivity index (χ1) is 13.9. The lowest BCUT2D eigenvalue weighted by Crippen LogP contribution is -1.82. The number of nitrogens with one attached hydrogen (secondary N) is 2. The lowest BCUT2D eigenvalue weighted by Gasteiger charge is -2.02. The molecule has 4 nitrogen and oxygen atoms in total. The van der Waals surface area contributed by atoms with E-state index in [0.717, 1.165) is 33.9 Å². The summed E-state index contributed by atoms with van der Waals surface area (Å²) in [7, 11) is 0. The Morgan fingerprint density at radius 3 is 1.68 bits per heavy atom. The minimum absolute atomic E-state index is 0.922. The van der Waals surface area contributed by atoms with Crippen LogP contribution in [0.15, 0.2) is 110 Å². The topological polar surface area (TPSA) is 57.4 Å². The standard InChI is InChI=1S/C15H12N2.C9H8N2/c1-3-7-12(8-4-1)14-15(17-11-16-14)13-9-5-2-6-10-13;1-2-4-8(5-3-1)9-10-6-7-11-9/h1-11H,(H,16,17);1-7H,(H,10,11). The second-order valence-electron chi connectivity index (χ2n) is 6.16. The highest BCUT2D eigenvalue weighted by Crippen LogP contribution is 2.28. The first-order valence-corrected chi connectivity index (χ1v) is 9.11. The number of nitrogens with zero attached hydrogens (tertiary/aromatic N) is 2. The second kappa shape index (κ2) is 8.64. The third-order valence-electron chi connectivity index (χ3n) is 4.29. The third-order valence-corrected chi connectivity index (χ3v) is 4.29. The fourth-order valence-electron chi connectivity index (χ4n) is 2.95. The van der Waals surface area contributed by atoms with Gasteiger partial charge in [-0.15, -0.1) is 0 Å². The van der Waals surface area contributed by atoms with Gasteiger partial charge in [-0.05, 0) is 0 Å². The van der Waals surface area contributed by atoms with Gasteiger partial charge in [-0.1, -0.05) is 91.0 Å². The molecule has 4 heteroatoms. The Morgan fingerprint density at radius 1 is 0.536 bits per heavy atom. The molecule has 0 fully saturated rings. The van der Waals surface area contributed by atoms with Crippen LogP contribution < -0.4 is 0 Å². The van der Waals surface area contributed by atoms with Crippen LogP contribution in [0.5, 0.6) is 0 Å². The van der Waals surface area contributed by atoms with Crippen molar-refractivity contribution in [3.63, 3.8) is 0 Å². The molecule has 5 aromatic rings. The van der Waals surface area contributed by atoms with Crippen molar-refractivity contribution in [2.45, 2.75) is 0 Å². The van der Waals surface area contributed by atoms with Crippen molar-refractivity contribution in [1.82, 2.24) is 19.9 Å². The van der Waals surface area contributed by atoms with Crippen LogP contribution in [0, 0.1) is 0 Å². The summed E-state index contributed by atoms with van der Waals surface area (Å²) < 4.78 is 0. The van der Waals surface area contributed by atoms with E-state index in [2.05, 4.69) is 44.2 Å². The zero-order valence-electron chi connectivity index (χ0n) is 15.3. The maximum absolute atomic E-state index is 4.41. The van der Waals surface area contributed by atoms with Crippen molar-refractivity contribution in [3.05, 3.63) is 110 Å². The van der Waals surface area contributed by atoms with Crippen molar-refractivity contribution in [1.29, 1.82) is 0 Å². The molecule has 0 spiro atoms. The third kappa shape index (κ3) is 4.07. The fourth-order valence-corrected chi connectivity index (χ4v) is 2.95. The van der Waals surface area contributed by atoms with E-state index in [1.165, 1.54) is 0 Å². The minimum Gasteiger partial charge on any atom is -0.345 e. The molecule has 0 aliphatic carbocycles. The van der Waals surface area contributed by atoms with Crippen molar-refractivity contribution in [3.8, 4) is 33.9 Å². The van der Waals surface area contributed by atoms with Crippen LogP contribution in [0.3, 0.4) is 0 Å². The van der Waals surface area contributed by atoms with Crippen LogP contribution in [0.4, 0.5) is 0 Å². The van der Waals surface area contributed by atoms with E-state index in [1.54, 1.807) is 12.5 Å². The molecule has 2 heterocycles. The highest BCUT2D eigenvalue weighted by atomic mass is 14.9. The molecule has 5 rings (SSSR count). The van der Waals surface area contributed by atoms with Gasteiger partial charge in [-0.3, -0.25) is 0 Å². The van der Waals surface area contributed by atoms with Gasteiger partial charge in [0.15, 0.2) is 0 Å². The van der Waals surface area contributed by atoms with Crippen LogP contribution in [-0.4, -0.2) is 19.9 Å². The van der Waals surface area contributed by atoms with E-state index >= 15 is 0 Å². The number of H-pyrrole nitrogens is 2. The number of rotatable bonds is 3. The largest absolute Gasteiger partial charge is 0.345 e. The first-order valence-electron chi connectivity index (χ1n) is 9.11. The van der Waals surface area contributed by atoms with E-state index < -0.39 is 0 Å². The molecule has 0 aliphatic heterocycles. The Bertz CT molecular complexity index is 1030. The fraction of sp³-hybridized carbons (Fsp3) is 0. The summed E-state index contributed by atoms with van der Waals surface area (Å²) in [5.74, 6) is 0.922. The summed E-state index contributed by atoms with van der Waals surface area (Å²) in [6.45, 7) is 0. The highest BCUT2D eigenvalue weighted by Gasteiger charge is 2.08. The van der Waals surface area contributed by atoms with E-state index in [-0.39, 0.29) is 0 Å². The summed E-state index contributed by atoms with van der Waals surface area (Å²) in [6, 6.07) is 30.5. The van der Waals surface area contributed by atoms with Gasteiger partial charge in [0.05, 0.1) is 17.7 Å². The Morgan fingerprint density at radius 2 is 1.11 bits per heavy atom. The van der Waals surface area contributed by atoms with Gasteiger partial charge in [-0.25, -0.2) is 9.97 Å². The van der Waals surface area contributed by atoms with Crippen molar-refractivity contribution < 1.29 is 0 Å². The summed E-state index contributed by atoms with van der Waals surface area (Å²) in [5, 5.41) is 0. The predicted octanol–water partition coefficient (Wildman–Crippen LogP) is 5.82. The Kier molecular flexibility index (Phi) is 5.40. The summed E-state index contributed by atoms with van der Waals surface area (Å²) in [6.07, 6.45) is 5.31. The lowest BCUT2D eigenvalue weighted by atomic mass is 10.1. The molecule has 0 atom stereocenters. The van der Waals surface area contributed by atoms with Crippen LogP contribution in [0.25, 0.3) is 33.9 Å². The molecule has 0 unspecified atom stereocenters. The zero-order valence-corrected chi connectivity index (χ0v) is 15.3. The van der Waals surface area contributed by atoms with Gasteiger partial charge >= 0.3 is 0 Å². The smallest absolute Gasteiger partial charge is 0.137 e. The molecule has 0 saturated carbocycles. The Labute approximate surface area is 164 Å². The Hall–Kier alpha value is -3.92. The minimum atomic E-state index is 0.922. The highest BCUT2D eigenvalue weighted by molar-refractivity contribution is 5.77. The maximum atomic E-state index is 4.41. The molecule has 0 bridgehead atoms. The number of hydrogen-bond acceptors (Lipinski definition) is 2. The number of imidazole rings is 2. The summed E-state index contributed by atoms with van der Waals surface area (Å²) >= 11 is 0. The molecule has 3 aromatic carbocycles. The van der Waals surface area contributed by atoms with E-state index in [1.807, 2.05) is 72.9 Å². The molecule has 28 heavy (non-hydrogen) atoms.